The number of piperazine rings is 1. The fourth-order valence-corrected chi connectivity index (χ4v) is 3.79. The minimum Gasteiger partial charge on any atom is -0.298 e. The molecule has 1 saturated heterocycles. The molecule has 2 nitrogen and oxygen atoms in total. The molecule has 0 saturated carbocycles. The van der Waals surface area contributed by atoms with Gasteiger partial charge in [-0.2, -0.15) is 0 Å². The minimum atomic E-state index is 0. The lowest BCUT2D eigenvalue weighted by molar-refractivity contribution is 0.0785. The molecule has 2 aromatic carbocycles. The Kier molecular flexibility index (Phi) is 10.3. The van der Waals surface area contributed by atoms with Crippen molar-refractivity contribution in [3.05, 3.63) is 71.8 Å². The van der Waals surface area contributed by atoms with Gasteiger partial charge in [0, 0.05) is 38.3 Å². The van der Waals surface area contributed by atoms with E-state index in [4.69, 9.17) is 0 Å². The van der Waals surface area contributed by atoms with Crippen LogP contribution in [0.3, 0.4) is 0 Å². The number of rotatable bonds is 6. The largest absolute Gasteiger partial charge is 0.298 e. The van der Waals surface area contributed by atoms with Crippen LogP contribution in [0.25, 0.3) is 0 Å². The van der Waals surface area contributed by atoms with Gasteiger partial charge in [0.15, 0.2) is 0 Å². The number of hydrogen-bond acceptors (Lipinski definition) is 2. The van der Waals surface area contributed by atoms with Gasteiger partial charge in [-0.15, -0.1) is 24.8 Å². The lowest BCUT2D eigenvalue weighted by atomic mass is 10.0. The summed E-state index contributed by atoms with van der Waals surface area (Å²) in [5.41, 5.74) is 2.90. The molecular formula is C22H32Cl2N2. The Hall–Kier alpha value is -1.06. The second kappa shape index (κ2) is 11.6. The standard InChI is InChI=1S/C22H30N2.2ClH/c1-19(17-21-9-5-3-6-10-21)23-13-15-24(16-14-23)20(2)18-22-11-7-4-8-12-22;;/h3-12,19-20H,13-18H2,1-2H3;2*1H/t19-,20+;;. The van der Waals surface area contributed by atoms with Gasteiger partial charge in [-0.25, -0.2) is 0 Å². The Balaban J connectivity index is 0.00000169. The van der Waals surface area contributed by atoms with Crippen LogP contribution in [0.1, 0.15) is 25.0 Å². The van der Waals surface area contributed by atoms with Gasteiger partial charge in [0.25, 0.3) is 0 Å². The summed E-state index contributed by atoms with van der Waals surface area (Å²) in [7, 11) is 0. The lowest BCUT2D eigenvalue weighted by Crippen LogP contribution is -2.52. The van der Waals surface area contributed by atoms with Crippen LogP contribution in [0.5, 0.6) is 0 Å². The third-order valence-electron chi connectivity index (χ3n) is 5.34. The molecule has 0 amide bonds. The summed E-state index contributed by atoms with van der Waals surface area (Å²) >= 11 is 0. The van der Waals surface area contributed by atoms with Crippen LogP contribution in [-0.4, -0.2) is 48.1 Å². The van der Waals surface area contributed by atoms with Crippen molar-refractivity contribution in [2.75, 3.05) is 26.2 Å². The van der Waals surface area contributed by atoms with Crippen LogP contribution in [0.4, 0.5) is 0 Å². The maximum absolute atomic E-state index is 2.65. The summed E-state index contributed by atoms with van der Waals surface area (Å²) in [5.74, 6) is 0. The van der Waals surface area contributed by atoms with E-state index in [2.05, 4.69) is 84.3 Å². The molecule has 0 radical (unpaired) electrons. The van der Waals surface area contributed by atoms with Crippen LogP contribution >= 0.6 is 24.8 Å². The summed E-state index contributed by atoms with van der Waals surface area (Å²) in [4.78, 5) is 5.30. The maximum atomic E-state index is 2.65. The van der Waals surface area contributed by atoms with E-state index < -0.39 is 0 Å². The van der Waals surface area contributed by atoms with Gasteiger partial charge in [0.05, 0.1) is 0 Å². The highest BCUT2D eigenvalue weighted by Gasteiger charge is 2.24. The first-order valence-corrected chi connectivity index (χ1v) is 9.28. The Labute approximate surface area is 171 Å². The smallest absolute Gasteiger partial charge is 0.0113 e. The first-order valence-electron chi connectivity index (χ1n) is 9.28. The van der Waals surface area contributed by atoms with Crippen molar-refractivity contribution in [2.24, 2.45) is 0 Å². The molecule has 0 spiro atoms. The summed E-state index contributed by atoms with van der Waals surface area (Å²) in [6.07, 6.45) is 2.31. The van der Waals surface area contributed by atoms with Gasteiger partial charge < -0.3 is 0 Å². The molecule has 1 aliphatic heterocycles. The van der Waals surface area contributed by atoms with E-state index in [9.17, 15) is 0 Å². The Morgan fingerprint density at radius 3 is 1.23 bits per heavy atom. The molecule has 0 unspecified atom stereocenters. The van der Waals surface area contributed by atoms with E-state index in [1.165, 1.54) is 37.3 Å². The number of hydrogen-bond donors (Lipinski definition) is 0. The summed E-state index contributed by atoms with van der Waals surface area (Å²) < 4.78 is 0. The van der Waals surface area contributed by atoms with Gasteiger partial charge in [-0.1, -0.05) is 60.7 Å². The topological polar surface area (TPSA) is 6.48 Å². The fourth-order valence-electron chi connectivity index (χ4n) is 3.79. The van der Waals surface area contributed by atoms with Crippen molar-refractivity contribution in [2.45, 2.75) is 38.8 Å². The summed E-state index contributed by atoms with van der Waals surface area (Å²) in [5, 5.41) is 0. The molecule has 2 aromatic rings. The fraction of sp³-hybridized carbons (Fsp3) is 0.455. The summed E-state index contributed by atoms with van der Waals surface area (Å²) in [6, 6.07) is 23.0. The van der Waals surface area contributed by atoms with Gasteiger partial charge in [0.2, 0.25) is 0 Å². The first-order chi connectivity index (χ1) is 11.7. The van der Waals surface area contributed by atoms with E-state index >= 15 is 0 Å². The first kappa shape index (κ1) is 23.0. The highest BCUT2D eigenvalue weighted by Crippen LogP contribution is 2.15. The van der Waals surface area contributed by atoms with E-state index in [0.717, 1.165) is 12.8 Å². The second-order valence-electron chi connectivity index (χ2n) is 7.15. The highest BCUT2D eigenvalue weighted by molar-refractivity contribution is 5.85. The molecular weight excluding hydrogens is 363 g/mol. The summed E-state index contributed by atoms with van der Waals surface area (Å²) in [6.45, 7) is 9.49. The van der Waals surface area contributed by atoms with E-state index in [0.29, 0.717) is 12.1 Å². The van der Waals surface area contributed by atoms with E-state index in [1.54, 1.807) is 0 Å². The SMILES string of the molecule is C[C@H](Cc1ccccc1)N1CCN([C@@H](C)Cc2ccccc2)CC1.Cl.Cl. The van der Waals surface area contributed by atoms with Crippen LogP contribution < -0.4 is 0 Å². The second-order valence-corrected chi connectivity index (χ2v) is 7.15. The zero-order chi connectivity index (χ0) is 16.8. The van der Waals surface area contributed by atoms with Crippen LogP contribution in [0, 0.1) is 0 Å². The molecule has 0 bridgehead atoms. The van der Waals surface area contributed by atoms with Gasteiger partial charge in [0.1, 0.15) is 0 Å². The normalized spacial score (nSPS) is 17.6. The average molecular weight is 395 g/mol. The molecule has 4 heteroatoms. The molecule has 0 aromatic heterocycles. The van der Waals surface area contributed by atoms with Crippen molar-refractivity contribution < 1.29 is 0 Å². The van der Waals surface area contributed by atoms with Crippen molar-refractivity contribution in [3.63, 3.8) is 0 Å². The molecule has 0 aliphatic carbocycles. The molecule has 1 heterocycles. The molecule has 26 heavy (non-hydrogen) atoms. The maximum Gasteiger partial charge on any atom is 0.0113 e. The van der Waals surface area contributed by atoms with E-state index in [-0.39, 0.29) is 24.8 Å². The minimum absolute atomic E-state index is 0. The number of nitrogens with zero attached hydrogens (tertiary/aromatic N) is 2. The van der Waals surface area contributed by atoms with E-state index in [1.807, 2.05) is 0 Å². The molecule has 2 atom stereocenters. The predicted octanol–water partition coefficient (Wildman–Crippen LogP) is 4.71. The Morgan fingerprint density at radius 1 is 0.615 bits per heavy atom. The van der Waals surface area contributed by atoms with Crippen molar-refractivity contribution >= 4 is 24.8 Å². The quantitative estimate of drug-likeness (QED) is 0.699. The van der Waals surface area contributed by atoms with Gasteiger partial charge in [-0.05, 0) is 37.8 Å². The van der Waals surface area contributed by atoms with Crippen LogP contribution in [0.2, 0.25) is 0 Å². The number of halogens is 2. The molecule has 1 aliphatic rings. The zero-order valence-corrected chi connectivity index (χ0v) is 17.5. The third kappa shape index (κ3) is 6.59. The van der Waals surface area contributed by atoms with Crippen LogP contribution in [-0.2, 0) is 12.8 Å². The molecule has 0 N–H and O–H groups in total. The highest BCUT2D eigenvalue weighted by atomic mass is 35.5. The predicted molar refractivity (Wildman–Crippen MR) is 117 cm³/mol. The average Bonchev–Trinajstić information content (AvgIpc) is 2.63. The van der Waals surface area contributed by atoms with Crippen LogP contribution in [0.15, 0.2) is 60.7 Å². The molecule has 144 valence electrons. The van der Waals surface area contributed by atoms with Crippen molar-refractivity contribution in [1.82, 2.24) is 9.80 Å². The van der Waals surface area contributed by atoms with Gasteiger partial charge in [-0.3, -0.25) is 9.80 Å². The van der Waals surface area contributed by atoms with Gasteiger partial charge >= 0.3 is 0 Å². The third-order valence-corrected chi connectivity index (χ3v) is 5.34. The van der Waals surface area contributed by atoms with Crippen molar-refractivity contribution in [1.29, 1.82) is 0 Å². The zero-order valence-electron chi connectivity index (χ0n) is 15.9. The lowest BCUT2D eigenvalue weighted by Gasteiger charge is -2.40. The molecule has 1 fully saturated rings. The Bertz CT molecular complexity index is 543. The monoisotopic (exact) mass is 394 g/mol. The number of benzene rings is 2. The van der Waals surface area contributed by atoms with Crippen molar-refractivity contribution in [3.8, 4) is 0 Å². The Morgan fingerprint density at radius 2 is 0.923 bits per heavy atom. The molecule has 3 rings (SSSR count).